The number of nitrogens with zero attached hydrogens (tertiary/aromatic N) is 1. The number of aliphatic imine (C=N–C) groups is 1. The van der Waals surface area contributed by atoms with E-state index >= 15 is 0 Å². The summed E-state index contributed by atoms with van der Waals surface area (Å²) in [4.78, 5) is 14.6. The Morgan fingerprint density at radius 2 is 2.05 bits per heavy atom. The average Bonchev–Trinajstić information content (AvgIpc) is 2.47. The van der Waals surface area contributed by atoms with Crippen LogP contribution in [-0.2, 0) is 9.53 Å². The standard InChI is InChI=1S/C15H17N3O2/c1-10-4-5-11-6-7-12(17-9-19)8-13(11)14(10)18-15(16-2)20-3/h4-9H,1-3H3,(H,16,18)(H,17,19). The Morgan fingerprint density at radius 3 is 2.70 bits per heavy atom. The molecule has 0 spiro atoms. The Labute approximate surface area is 117 Å². The van der Waals surface area contributed by atoms with Crippen LogP contribution in [0.3, 0.4) is 0 Å². The number of benzene rings is 2. The second-order valence-electron chi connectivity index (χ2n) is 4.31. The minimum atomic E-state index is 0.439. The zero-order chi connectivity index (χ0) is 14.5. The first-order valence-electron chi connectivity index (χ1n) is 6.21. The van der Waals surface area contributed by atoms with Gasteiger partial charge in [0.05, 0.1) is 12.8 Å². The van der Waals surface area contributed by atoms with Crippen LogP contribution in [0.15, 0.2) is 35.3 Å². The number of fused-ring (bicyclic) bond motifs is 1. The summed E-state index contributed by atoms with van der Waals surface area (Å²) in [7, 11) is 3.22. The molecule has 20 heavy (non-hydrogen) atoms. The predicted octanol–water partition coefficient (Wildman–Crippen LogP) is 2.76. The van der Waals surface area contributed by atoms with Crippen LogP contribution in [0, 0.1) is 6.92 Å². The van der Waals surface area contributed by atoms with Crippen molar-refractivity contribution >= 4 is 34.6 Å². The molecule has 0 bridgehead atoms. The molecule has 0 saturated heterocycles. The number of rotatable bonds is 3. The molecule has 0 aliphatic rings. The third-order valence-electron chi connectivity index (χ3n) is 3.08. The van der Waals surface area contributed by atoms with Gasteiger partial charge in [-0.25, -0.2) is 4.99 Å². The summed E-state index contributed by atoms with van der Waals surface area (Å²) in [5, 5.41) is 7.89. The summed E-state index contributed by atoms with van der Waals surface area (Å²) in [6.07, 6.45) is 0.665. The second-order valence-corrected chi connectivity index (χ2v) is 4.31. The molecule has 2 aromatic carbocycles. The Bertz CT molecular complexity index is 665. The van der Waals surface area contributed by atoms with Crippen LogP contribution in [0.4, 0.5) is 11.4 Å². The van der Waals surface area contributed by atoms with Gasteiger partial charge in [0.2, 0.25) is 6.41 Å². The molecule has 2 rings (SSSR count). The van der Waals surface area contributed by atoms with Crippen LogP contribution < -0.4 is 10.6 Å². The lowest BCUT2D eigenvalue weighted by atomic mass is 10.0. The molecule has 0 fully saturated rings. The van der Waals surface area contributed by atoms with Crippen LogP contribution in [0.25, 0.3) is 10.8 Å². The van der Waals surface area contributed by atoms with E-state index in [0.717, 1.165) is 27.7 Å². The van der Waals surface area contributed by atoms with Gasteiger partial charge in [0.25, 0.3) is 6.02 Å². The highest BCUT2D eigenvalue weighted by atomic mass is 16.5. The summed E-state index contributed by atoms with van der Waals surface area (Å²) in [5.74, 6) is 0. The number of carbonyl (C=O) groups is 1. The van der Waals surface area contributed by atoms with Gasteiger partial charge in [0, 0.05) is 18.1 Å². The minimum Gasteiger partial charge on any atom is -0.468 e. The fourth-order valence-corrected chi connectivity index (χ4v) is 2.06. The van der Waals surface area contributed by atoms with Gasteiger partial charge in [-0.15, -0.1) is 0 Å². The van der Waals surface area contributed by atoms with E-state index in [0.29, 0.717) is 12.4 Å². The lowest BCUT2D eigenvalue weighted by molar-refractivity contribution is -0.105. The highest BCUT2D eigenvalue weighted by Crippen LogP contribution is 2.29. The minimum absolute atomic E-state index is 0.439. The highest BCUT2D eigenvalue weighted by molar-refractivity contribution is 6.04. The maximum Gasteiger partial charge on any atom is 0.288 e. The topological polar surface area (TPSA) is 62.7 Å². The number of nitrogens with one attached hydrogen (secondary N) is 2. The summed E-state index contributed by atoms with van der Waals surface area (Å²) in [6, 6.07) is 10.2. The first-order valence-corrected chi connectivity index (χ1v) is 6.21. The molecule has 0 unspecified atom stereocenters. The Kier molecular flexibility index (Phi) is 4.20. The molecule has 0 radical (unpaired) electrons. The molecule has 1 amide bonds. The van der Waals surface area contributed by atoms with Crippen molar-refractivity contribution < 1.29 is 9.53 Å². The third-order valence-corrected chi connectivity index (χ3v) is 3.08. The number of methoxy groups -OCH3 is 1. The van der Waals surface area contributed by atoms with E-state index in [1.54, 1.807) is 14.2 Å². The molecule has 104 valence electrons. The average molecular weight is 271 g/mol. The Hall–Kier alpha value is -2.56. The molecular formula is C15H17N3O2. The molecule has 5 heteroatoms. The van der Waals surface area contributed by atoms with Crippen LogP contribution >= 0.6 is 0 Å². The number of ether oxygens (including phenoxy) is 1. The van der Waals surface area contributed by atoms with Gasteiger partial charge in [0.1, 0.15) is 0 Å². The molecule has 0 aliphatic carbocycles. The predicted molar refractivity (Wildman–Crippen MR) is 82.4 cm³/mol. The van der Waals surface area contributed by atoms with Crippen molar-refractivity contribution in [1.82, 2.24) is 0 Å². The number of amidine groups is 1. The Morgan fingerprint density at radius 1 is 1.30 bits per heavy atom. The van der Waals surface area contributed by atoms with E-state index in [2.05, 4.69) is 15.6 Å². The number of hydrogen-bond acceptors (Lipinski definition) is 3. The van der Waals surface area contributed by atoms with Crippen LogP contribution in [-0.4, -0.2) is 26.6 Å². The van der Waals surface area contributed by atoms with E-state index in [1.807, 2.05) is 37.3 Å². The van der Waals surface area contributed by atoms with Crippen LogP contribution in [0.5, 0.6) is 0 Å². The number of anilines is 2. The SMILES string of the molecule is CN=C(Nc1c(C)ccc2ccc(NC=O)cc12)OC. The quantitative estimate of drug-likeness (QED) is 0.512. The van der Waals surface area contributed by atoms with Crippen LogP contribution in [0.2, 0.25) is 0 Å². The molecule has 5 nitrogen and oxygen atoms in total. The van der Waals surface area contributed by atoms with Gasteiger partial charge in [-0.05, 0) is 30.0 Å². The zero-order valence-electron chi connectivity index (χ0n) is 11.7. The molecular weight excluding hydrogens is 254 g/mol. The smallest absolute Gasteiger partial charge is 0.288 e. The monoisotopic (exact) mass is 271 g/mol. The van der Waals surface area contributed by atoms with E-state index in [9.17, 15) is 4.79 Å². The van der Waals surface area contributed by atoms with E-state index in [1.165, 1.54) is 0 Å². The van der Waals surface area contributed by atoms with Gasteiger partial charge in [-0.2, -0.15) is 0 Å². The largest absolute Gasteiger partial charge is 0.468 e. The lowest BCUT2D eigenvalue weighted by Crippen LogP contribution is -2.15. The van der Waals surface area contributed by atoms with Crippen molar-refractivity contribution in [3.05, 3.63) is 35.9 Å². The Balaban J connectivity index is 2.57. The van der Waals surface area contributed by atoms with Crippen molar-refractivity contribution in [3.63, 3.8) is 0 Å². The van der Waals surface area contributed by atoms with Crippen molar-refractivity contribution in [2.24, 2.45) is 4.99 Å². The second kappa shape index (κ2) is 6.06. The van der Waals surface area contributed by atoms with Gasteiger partial charge < -0.3 is 15.4 Å². The summed E-state index contributed by atoms with van der Waals surface area (Å²) in [6.45, 7) is 2.00. The van der Waals surface area contributed by atoms with Gasteiger partial charge in [-0.3, -0.25) is 4.79 Å². The first kappa shape index (κ1) is 13.9. The fourth-order valence-electron chi connectivity index (χ4n) is 2.06. The van der Waals surface area contributed by atoms with Crippen LogP contribution in [0.1, 0.15) is 5.56 Å². The van der Waals surface area contributed by atoms with Crippen molar-refractivity contribution in [2.75, 3.05) is 24.8 Å². The van der Waals surface area contributed by atoms with E-state index < -0.39 is 0 Å². The number of hydrogen-bond donors (Lipinski definition) is 2. The van der Waals surface area contributed by atoms with Gasteiger partial charge in [0.15, 0.2) is 0 Å². The maximum atomic E-state index is 10.6. The molecule has 0 heterocycles. The first-order chi connectivity index (χ1) is 9.69. The van der Waals surface area contributed by atoms with Crippen molar-refractivity contribution in [1.29, 1.82) is 0 Å². The van der Waals surface area contributed by atoms with Gasteiger partial charge in [-0.1, -0.05) is 18.2 Å². The van der Waals surface area contributed by atoms with Crippen molar-refractivity contribution in [3.8, 4) is 0 Å². The normalized spacial score (nSPS) is 11.2. The summed E-state index contributed by atoms with van der Waals surface area (Å²) in [5.41, 5.74) is 2.73. The number of amides is 1. The maximum absolute atomic E-state index is 10.6. The summed E-state index contributed by atoms with van der Waals surface area (Å²) >= 11 is 0. The lowest BCUT2D eigenvalue weighted by Gasteiger charge is -2.14. The van der Waals surface area contributed by atoms with Gasteiger partial charge >= 0.3 is 0 Å². The molecule has 2 aromatic rings. The summed E-state index contributed by atoms with van der Waals surface area (Å²) < 4.78 is 5.15. The fraction of sp³-hybridized carbons (Fsp3) is 0.200. The highest BCUT2D eigenvalue weighted by Gasteiger charge is 2.08. The molecule has 0 aliphatic heterocycles. The number of carbonyl (C=O) groups excluding carboxylic acids is 1. The van der Waals surface area contributed by atoms with Crippen molar-refractivity contribution in [2.45, 2.75) is 6.92 Å². The number of aryl methyl sites for hydroxylation is 1. The molecule has 0 saturated carbocycles. The molecule has 2 N–H and O–H groups in total. The zero-order valence-corrected chi connectivity index (χ0v) is 11.7. The molecule has 0 aromatic heterocycles. The molecule has 0 atom stereocenters. The van der Waals surface area contributed by atoms with E-state index in [-0.39, 0.29) is 0 Å². The van der Waals surface area contributed by atoms with E-state index in [4.69, 9.17) is 4.74 Å². The third kappa shape index (κ3) is 2.71.